The van der Waals surface area contributed by atoms with Crippen molar-refractivity contribution >= 4 is 42.8 Å². The lowest BCUT2D eigenvalue weighted by atomic mass is 10.2. The van der Waals surface area contributed by atoms with E-state index in [2.05, 4.69) is 36.1 Å². The number of halogens is 1. The van der Waals surface area contributed by atoms with Crippen LogP contribution in [0.3, 0.4) is 0 Å². The van der Waals surface area contributed by atoms with Crippen LogP contribution in [-0.2, 0) is 23.6 Å². The molecule has 1 aliphatic rings. The Bertz CT molecular complexity index is 1340. The van der Waals surface area contributed by atoms with E-state index in [0.717, 1.165) is 18.4 Å². The molecule has 2 aromatic heterocycles. The van der Waals surface area contributed by atoms with E-state index in [1.54, 1.807) is 31.0 Å². The van der Waals surface area contributed by atoms with Crippen molar-refractivity contribution in [1.29, 1.82) is 0 Å². The van der Waals surface area contributed by atoms with E-state index in [4.69, 9.17) is 0 Å². The Balaban J connectivity index is 1.85. The first-order valence-corrected chi connectivity index (χ1v) is 12.4. The van der Waals surface area contributed by atoms with Crippen LogP contribution in [0.15, 0.2) is 38.7 Å². The Morgan fingerprint density at radius 2 is 2.06 bits per heavy atom. The summed E-state index contributed by atoms with van der Waals surface area (Å²) in [7, 11) is -2.03. The van der Waals surface area contributed by atoms with Crippen molar-refractivity contribution in [2.24, 2.45) is 7.05 Å². The van der Waals surface area contributed by atoms with Crippen LogP contribution in [0, 0.1) is 0 Å². The minimum absolute atomic E-state index is 0.00140. The number of aryl methyl sites for hydroxylation is 1. The summed E-state index contributed by atoms with van der Waals surface area (Å²) in [6.45, 7) is 3.85. The maximum Gasteiger partial charge on any atom is 0.263 e. The van der Waals surface area contributed by atoms with Crippen LogP contribution in [0.2, 0.25) is 0 Å². The first-order chi connectivity index (χ1) is 15.0. The molecule has 3 aromatic rings. The molecule has 3 N–H and O–H groups in total. The lowest BCUT2D eigenvalue weighted by Crippen LogP contribution is -2.34. The van der Waals surface area contributed by atoms with Gasteiger partial charge in [-0.3, -0.25) is 14.0 Å². The molecule has 1 atom stereocenters. The van der Waals surface area contributed by atoms with E-state index < -0.39 is 27.2 Å². The van der Waals surface area contributed by atoms with Crippen molar-refractivity contribution in [1.82, 2.24) is 24.1 Å². The molecular formula is C20H25BrN6O4S. The highest BCUT2D eigenvalue weighted by Crippen LogP contribution is 2.36. The molecule has 172 valence electrons. The highest BCUT2D eigenvalue weighted by Gasteiger charge is 2.41. The molecule has 0 unspecified atom stereocenters. The molecule has 10 nitrogen and oxygen atoms in total. The molecule has 1 aliphatic carbocycles. The molecule has 0 amide bonds. The average Bonchev–Trinajstić information content (AvgIpc) is 3.27. The summed E-state index contributed by atoms with van der Waals surface area (Å²) in [5.41, 5.74) is 0.278. The van der Waals surface area contributed by atoms with Gasteiger partial charge in [0.1, 0.15) is 0 Å². The van der Waals surface area contributed by atoms with Crippen molar-refractivity contribution in [3.63, 3.8) is 0 Å². The number of benzene rings is 1. The van der Waals surface area contributed by atoms with Gasteiger partial charge in [-0.15, -0.1) is 0 Å². The number of hydrogen-bond donors (Lipinski definition) is 3. The molecule has 12 heteroatoms. The molecule has 0 spiro atoms. The fourth-order valence-corrected chi connectivity index (χ4v) is 5.56. The van der Waals surface area contributed by atoms with E-state index in [9.17, 15) is 18.3 Å². The molecule has 0 radical (unpaired) electrons. The van der Waals surface area contributed by atoms with Gasteiger partial charge >= 0.3 is 0 Å². The quantitative estimate of drug-likeness (QED) is 0.407. The van der Waals surface area contributed by atoms with Crippen LogP contribution in [0.1, 0.15) is 32.3 Å². The van der Waals surface area contributed by atoms with Crippen LogP contribution in [0.25, 0.3) is 10.9 Å². The van der Waals surface area contributed by atoms with Gasteiger partial charge < -0.3 is 10.4 Å². The van der Waals surface area contributed by atoms with E-state index in [1.165, 1.54) is 16.7 Å². The zero-order valence-electron chi connectivity index (χ0n) is 18.0. The van der Waals surface area contributed by atoms with Crippen LogP contribution in [0.5, 0.6) is 0 Å². The Labute approximate surface area is 193 Å². The predicted molar refractivity (Wildman–Crippen MR) is 124 cm³/mol. The minimum atomic E-state index is -3.80. The van der Waals surface area contributed by atoms with Gasteiger partial charge in [-0.1, -0.05) is 0 Å². The molecule has 0 bridgehead atoms. The molecule has 4 rings (SSSR count). The lowest BCUT2D eigenvalue weighted by Gasteiger charge is -2.17. The third-order valence-electron chi connectivity index (χ3n) is 5.33. The maximum atomic E-state index is 13.5. The Kier molecular flexibility index (Phi) is 5.90. The number of nitrogens with one attached hydrogen (secondary N) is 2. The third-order valence-corrected chi connectivity index (χ3v) is 7.55. The SMILES string of the molecule is C[C@H](O)CNc1nc2c(Br)cc(S(=O)(=O)NC3(C)CC3)cc2c(=O)n1Cc1cnn(C)c1. The highest BCUT2D eigenvalue weighted by atomic mass is 79.9. The second kappa shape index (κ2) is 8.25. The second-order valence-corrected chi connectivity index (χ2v) is 11.1. The van der Waals surface area contributed by atoms with Crippen molar-refractivity contribution in [3.8, 4) is 0 Å². The zero-order chi connectivity index (χ0) is 23.3. The molecule has 2 heterocycles. The number of hydrogen-bond acceptors (Lipinski definition) is 7. The van der Waals surface area contributed by atoms with E-state index in [-0.39, 0.29) is 29.3 Å². The van der Waals surface area contributed by atoms with Crippen molar-refractivity contribution in [2.45, 2.75) is 49.8 Å². The zero-order valence-corrected chi connectivity index (χ0v) is 20.4. The normalized spacial score (nSPS) is 16.3. The largest absolute Gasteiger partial charge is 0.392 e. The lowest BCUT2D eigenvalue weighted by molar-refractivity contribution is 0.208. The van der Waals surface area contributed by atoms with E-state index >= 15 is 0 Å². The smallest absolute Gasteiger partial charge is 0.263 e. The number of aliphatic hydroxyl groups is 1. The van der Waals surface area contributed by atoms with Gasteiger partial charge in [0.2, 0.25) is 16.0 Å². The molecule has 0 aliphatic heterocycles. The first-order valence-electron chi connectivity index (χ1n) is 10.1. The number of aromatic nitrogens is 4. The summed E-state index contributed by atoms with van der Waals surface area (Å²) in [5, 5.41) is 17.0. The number of anilines is 1. The average molecular weight is 525 g/mol. The topological polar surface area (TPSA) is 131 Å². The molecule has 1 saturated carbocycles. The maximum absolute atomic E-state index is 13.5. The standard InChI is InChI=1S/C20H25BrN6O4S/c1-12(28)8-22-19-24-17-15(18(29)27(19)11-13-9-23-26(3)10-13)6-14(7-16(17)21)32(30,31)25-20(2)4-5-20/h6-7,9-10,12,25,28H,4-5,8,11H2,1-3H3,(H,22,24)/t12-/m0/s1. The van der Waals surface area contributed by atoms with Gasteiger partial charge in [0.25, 0.3) is 5.56 Å². The van der Waals surface area contributed by atoms with Gasteiger partial charge in [-0.05, 0) is 54.8 Å². The Morgan fingerprint density at radius 1 is 1.34 bits per heavy atom. The first kappa shape index (κ1) is 22.9. The van der Waals surface area contributed by atoms with Crippen molar-refractivity contribution < 1.29 is 13.5 Å². The van der Waals surface area contributed by atoms with Crippen molar-refractivity contribution in [3.05, 3.63) is 44.9 Å². The Morgan fingerprint density at radius 3 is 2.66 bits per heavy atom. The number of sulfonamides is 1. The fraction of sp³-hybridized carbons (Fsp3) is 0.450. The van der Waals surface area contributed by atoms with Gasteiger partial charge in [0.15, 0.2) is 0 Å². The highest BCUT2D eigenvalue weighted by molar-refractivity contribution is 9.10. The molecule has 0 saturated heterocycles. The Hall–Kier alpha value is -2.28. The number of nitrogens with zero attached hydrogens (tertiary/aromatic N) is 4. The van der Waals surface area contributed by atoms with Gasteiger partial charge in [-0.2, -0.15) is 5.10 Å². The van der Waals surface area contributed by atoms with Crippen LogP contribution in [-0.4, -0.2) is 51.0 Å². The van der Waals surface area contributed by atoms with E-state index in [1.807, 2.05) is 6.92 Å². The summed E-state index contributed by atoms with van der Waals surface area (Å²) < 4.78 is 32.0. The monoisotopic (exact) mass is 524 g/mol. The van der Waals surface area contributed by atoms with Gasteiger partial charge in [0.05, 0.1) is 34.6 Å². The van der Waals surface area contributed by atoms with Crippen LogP contribution < -0.4 is 15.6 Å². The van der Waals surface area contributed by atoms with Crippen LogP contribution >= 0.6 is 15.9 Å². The van der Waals surface area contributed by atoms with Gasteiger partial charge in [0, 0.05) is 35.4 Å². The van der Waals surface area contributed by atoms with Gasteiger partial charge in [-0.25, -0.2) is 18.1 Å². The second-order valence-electron chi connectivity index (χ2n) is 8.55. The minimum Gasteiger partial charge on any atom is -0.392 e. The molecule has 1 fully saturated rings. The van der Waals surface area contributed by atoms with E-state index in [0.29, 0.717) is 9.99 Å². The summed E-state index contributed by atoms with van der Waals surface area (Å²) >= 11 is 3.39. The predicted octanol–water partition coefficient (Wildman–Crippen LogP) is 1.56. The van der Waals surface area contributed by atoms with Crippen molar-refractivity contribution in [2.75, 3.05) is 11.9 Å². The number of fused-ring (bicyclic) bond motifs is 1. The third kappa shape index (κ3) is 4.72. The fourth-order valence-electron chi connectivity index (χ4n) is 3.34. The summed E-state index contributed by atoms with van der Waals surface area (Å²) in [5.74, 6) is 0.271. The van der Waals surface area contributed by atoms with Crippen LogP contribution in [0.4, 0.5) is 5.95 Å². The molecule has 32 heavy (non-hydrogen) atoms. The molecule has 1 aromatic carbocycles. The molecular weight excluding hydrogens is 500 g/mol. The summed E-state index contributed by atoms with van der Waals surface area (Å²) in [6.07, 6.45) is 4.33. The summed E-state index contributed by atoms with van der Waals surface area (Å²) in [6, 6.07) is 2.81. The number of rotatable bonds is 8. The summed E-state index contributed by atoms with van der Waals surface area (Å²) in [4.78, 5) is 18.1. The number of aliphatic hydroxyl groups excluding tert-OH is 1.